The first-order valence-corrected chi connectivity index (χ1v) is 11.1. The average molecular weight is 422 g/mol. The second-order valence-electron chi connectivity index (χ2n) is 6.29. The number of hydrogen-bond acceptors (Lipinski definition) is 7. The fourth-order valence-electron chi connectivity index (χ4n) is 2.81. The number of aromatic nitrogens is 4. The molecule has 0 bridgehead atoms. The van der Waals surface area contributed by atoms with E-state index in [-0.39, 0.29) is 18.1 Å². The van der Waals surface area contributed by atoms with E-state index in [0.29, 0.717) is 28.7 Å². The lowest BCUT2D eigenvalue weighted by molar-refractivity contribution is -0.129. The highest BCUT2D eigenvalue weighted by atomic mass is 32.2. The molecular weight excluding hydrogens is 399 g/mol. The number of hydrogen-bond donors (Lipinski definition) is 1. The summed E-state index contributed by atoms with van der Waals surface area (Å²) >= 11 is 2.69. The van der Waals surface area contributed by atoms with E-state index >= 15 is 0 Å². The molecule has 1 fully saturated rings. The van der Waals surface area contributed by atoms with Gasteiger partial charge in [0.2, 0.25) is 0 Å². The number of anilines is 1. The number of thioether (sulfide) groups is 2. The molecule has 0 aliphatic carbocycles. The van der Waals surface area contributed by atoms with Gasteiger partial charge in [-0.2, -0.15) is 24.9 Å². The molecule has 11 heteroatoms. The molecule has 2 aromatic rings. The van der Waals surface area contributed by atoms with Crippen molar-refractivity contribution in [3.05, 3.63) is 6.33 Å². The molecule has 2 atom stereocenters. The maximum absolute atomic E-state index is 12.5. The smallest absolute Gasteiger partial charge is 0.367 e. The van der Waals surface area contributed by atoms with Gasteiger partial charge in [-0.15, -0.1) is 0 Å². The fourth-order valence-corrected chi connectivity index (χ4v) is 3.94. The number of halogens is 3. The summed E-state index contributed by atoms with van der Waals surface area (Å²) in [5, 5.41) is 3.54. The molecule has 0 radical (unpaired) electrons. The van der Waals surface area contributed by atoms with Gasteiger partial charge in [0.15, 0.2) is 22.1 Å². The zero-order valence-electron chi connectivity index (χ0n) is 15.1. The Balaban J connectivity index is 1.87. The third-order valence-electron chi connectivity index (χ3n) is 4.14. The molecule has 0 aromatic carbocycles. The zero-order chi connectivity index (χ0) is 19.4. The first-order valence-electron chi connectivity index (χ1n) is 8.70. The van der Waals surface area contributed by atoms with Crippen molar-refractivity contribution in [2.75, 3.05) is 29.6 Å². The van der Waals surface area contributed by atoms with Crippen LogP contribution in [-0.2, 0) is 4.74 Å². The van der Waals surface area contributed by atoms with Crippen molar-refractivity contribution < 1.29 is 17.9 Å². The Morgan fingerprint density at radius 2 is 2.11 bits per heavy atom. The van der Waals surface area contributed by atoms with E-state index in [2.05, 4.69) is 20.3 Å². The van der Waals surface area contributed by atoms with Crippen LogP contribution >= 0.6 is 23.5 Å². The lowest BCUT2D eigenvalue weighted by atomic mass is 10.2. The predicted molar refractivity (Wildman–Crippen MR) is 102 cm³/mol. The van der Waals surface area contributed by atoms with Crippen LogP contribution in [0.3, 0.4) is 0 Å². The second kappa shape index (κ2) is 8.87. The summed E-state index contributed by atoms with van der Waals surface area (Å²) in [7, 11) is 0. The highest BCUT2D eigenvalue weighted by Crippen LogP contribution is 2.33. The Morgan fingerprint density at radius 3 is 2.78 bits per heavy atom. The van der Waals surface area contributed by atoms with E-state index in [1.807, 2.05) is 17.7 Å². The first kappa shape index (κ1) is 20.5. The lowest BCUT2D eigenvalue weighted by Crippen LogP contribution is -2.11. The van der Waals surface area contributed by atoms with Crippen LogP contribution in [-0.4, -0.2) is 56.1 Å². The van der Waals surface area contributed by atoms with E-state index in [1.54, 1.807) is 18.1 Å². The van der Waals surface area contributed by atoms with Gasteiger partial charge >= 0.3 is 6.18 Å². The average Bonchev–Trinajstić information content (AvgIpc) is 3.20. The summed E-state index contributed by atoms with van der Waals surface area (Å²) in [6.07, 6.45) is 0.406. The quantitative estimate of drug-likeness (QED) is 0.386. The van der Waals surface area contributed by atoms with Crippen LogP contribution < -0.4 is 5.32 Å². The number of nitrogens with one attached hydrogen (secondary N) is 1. The molecule has 0 spiro atoms. The molecule has 1 unspecified atom stereocenters. The molecule has 150 valence electrons. The van der Waals surface area contributed by atoms with Gasteiger partial charge in [-0.3, -0.25) is 4.57 Å². The monoisotopic (exact) mass is 421 g/mol. The minimum Gasteiger partial charge on any atom is -0.367 e. The van der Waals surface area contributed by atoms with Crippen molar-refractivity contribution >= 4 is 40.5 Å². The number of nitrogens with zero attached hydrogens (tertiary/aromatic N) is 4. The van der Waals surface area contributed by atoms with Crippen LogP contribution in [0.25, 0.3) is 11.2 Å². The lowest BCUT2D eigenvalue weighted by Gasteiger charge is -2.14. The molecule has 1 aliphatic rings. The van der Waals surface area contributed by atoms with Gasteiger partial charge in [0, 0.05) is 18.1 Å². The minimum atomic E-state index is -4.19. The zero-order valence-corrected chi connectivity index (χ0v) is 16.8. The maximum atomic E-state index is 12.5. The molecule has 1 aliphatic heterocycles. The van der Waals surface area contributed by atoms with E-state index in [1.165, 1.54) is 0 Å². The van der Waals surface area contributed by atoms with E-state index in [4.69, 9.17) is 4.74 Å². The van der Waals surface area contributed by atoms with Gasteiger partial charge in [-0.05, 0) is 26.0 Å². The van der Waals surface area contributed by atoms with Crippen molar-refractivity contribution in [3.8, 4) is 0 Å². The van der Waals surface area contributed by atoms with Gasteiger partial charge in [0.1, 0.15) is 6.23 Å². The maximum Gasteiger partial charge on any atom is 0.389 e. The van der Waals surface area contributed by atoms with Gasteiger partial charge in [0.05, 0.1) is 18.9 Å². The summed E-state index contributed by atoms with van der Waals surface area (Å²) in [5.41, 5.74) is 1.20. The largest absolute Gasteiger partial charge is 0.389 e. The van der Waals surface area contributed by atoms with Crippen molar-refractivity contribution in [1.82, 2.24) is 19.5 Å². The third kappa shape index (κ3) is 5.41. The standard InChI is InChI=1S/C16H22F3N5OS2/c1-10-3-4-11(25-10)24-9-21-12-13(20-6-8-26-2)22-15(23-14(12)24)27-7-5-16(17,18)19/h9-11H,3-8H2,1-2H3,(H,20,22,23)/t10-,11?/m1/s1. The molecule has 0 saturated carbocycles. The van der Waals surface area contributed by atoms with Crippen molar-refractivity contribution in [2.24, 2.45) is 0 Å². The van der Waals surface area contributed by atoms with Crippen LogP contribution in [0.5, 0.6) is 0 Å². The molecule has 6 nitrogen and oxygen atoms in total. The summed E-state index contributed by atoms with van der Waals surface area (Å²) in [6, 6.07) is 0. The van der Waals surface area contributed by atoms with Crippen molar-refractivity contribution in [3.63, 3.8) is 0 Å². The number of ether oxygens (including phenoxy) is 1. The summed E-state index contributed by atoms with van der Waals surface area (Å²) in [5.74, 6) is 1.31. The van der Waals surface area contributed by atoms with Crippen LogP contribution in [0.2, 0.25) is 0 Å². The van der Waals surface area contributed by atoms with E-state index < -0.39 is 12.6 Å². The van der Waals surface area contributed by atoms with Gasteiger partial charge in [0.25, 0.3) is 0 Å². The van der Waals surface area contributed by atoms with Crippen LogP contribution in [0.4, 0.5) is 19.0 Å². The topological polar surface area (TPSA) is 64.9 Å². The number of rotatable bonds is 8. The van der Waals surface area contributed by atoms with Crippen molar-refractivity contribution in [1.29, 1.82) is 0 Å². The molecule has 3 rings (SSSR count). The SMILES string of the molecule is CSCCNc1nc(SCCC(F)(F)F)nc2c1ncn2C1CC[C@@H](C)O1. The Hall–Kier alpha value is -1.20. The molecule has 1 saturated heterocycles. The predicted octanol–water partition coefficient (Wildman–Crippen LogP) is 4.34. The Bertz CT molecular complexity index is 770. The molecule has 27 heavy (non-hydrogen) atoms. The molecule has 3 heterocycles. The summed E-state index contributed by atoms with van der Waals surface area (Å²) < 4.78 is 45.1. The van der Waals surface area contributed by atoms with E-state index in [0.717, 1.165) is 30.4 Å². The second-order valence-corrected chi connectivity index (χ2v) is 8.34. The van der Waals surface area contributed by atoms with Crippen LogP contribution in [0, 0.1) is 0 Å². The number of alkyl halides is 3. The minimum absolute atomic E-state index is 0.121. The van der Waals surface area contributed by atoms with Crippen molar-refractivity contribution in [2.45, 2.75) is 49.9 Å². The summed E-state index contributed by atoms with van der Waals surface area (Å²) in [6.45, 7) is 2.70. The molecular formula is C16H22F3N5OS2. The van der Waals surface area contributed by atoms with Crippen LogP contribution in [0.1, 0.15) is 32.4 Å². The first-order chi connectivity index (χ1) is 12.9. The molecule has 2 aromatic heterocycles. The van der Waals surface area contributed by atoms with Crippen LogP contribution in [0.15, 0.2) is 11.5 Å². The molecule has 1 N–H and O–H groups in total. The Morgan fingerprint density at radius 1 is 1.30 bits per heavy atom. The highest BCUT2D eigenvalue weighted by molar-refractivity contribution is 7.99. The summed E-state index contributed by atoms with van der Waals surface area (Å²) in [4.78, 5) is 13.3. The number of imidazole rings is 1. The Kier molecular flexibility index (Phi) is 6.74. The third-order valence-corrected chi connectivity index (χ3v) is 5.60. The van der Waals surface area contributed by atoms with E-state index in [9.17, 15) is 13.2 Å². The normalized spacial score (nSPS) is 20.5. The highest BCUT2D eigenvalue weighted by Gasteiger charge is 2.28. The van der Waals surface area contributed by atoms with Gasteiger partial charge < -0.3 is 10.1 Å². The van der Waals surface area contributed by atoms with Gasteiger partial charge in [-0.1, -0.05) is 11.8 Å². The van der Waals surface area contributed by atoms with Gasteiger partial charge in [-0.25, -0.2) is 15.0 Å². The Labute approximate surface area is 164 Å². The fraction of sp³-hybridized carbons (Fsp3) is 0.688. The number of fused-ring (bicyclic) bond motifs is 1. The molecule has 0 amide bonds.